The molecule has 0 fully saturated rings. The van der Waals surface area contributed by atoms with E-state index in [4.69, 9.17) is 0 Å². The lowest BCUT2D eigenvalue weighted by molar-refractivity contribution is 1.48. The highest BCUT2D eigenvalue weighted by Crippen LogP contribution is 2.20. The quantitative estimate of drug-likeness (QED) is 0.609. The molecule has 1 heteroatoms. The van der Waals surface area contributed by atoms with Gasteiger partial charge in [0.15, 0.2) is 0 Å². The summed E-state index contributed by atoms with van der Waals surface area (Å²) < 4.78 is 0. The average Bonchev–Trinajstić information content (AvgIpc) is 2.25. The third kappa shape index (κ3) is 1.26. The van der Waals surface area contributed by atoms with Crippen LogP contribution in [-0.4, -0.2) is 0 Å². The summed E-state index contributed by atoms with van der Waals surface area (Å²) in [6.07, 6.45) is 6.03. The Hall–Kier alpha value is -1.50. The molecule has 0 spiro atoms. The first-order chi connectivity index (χ1) is 5.86. The summed E-state index contributed by atoms with van der Waals surface area (Å²) in [4.78, 5) is 0. The van der Waals surface area contributed by atoms with Gasteiger partial charge in [0.05, 0.1) is 0 Å². The molecule has 1 aromatic rings. The van der Waals surface area contributed by atoms with Crippen molar-refractivity contribution in [2.75, 3.05) is 5.32 Å². The van der Waals surface area contributed by atoms with Gasteiger partial charge in [-0.1, -0.05) is 30.4 Å². The van der Waals surface area contributed by atoms with Crippen LogP contribution in [0.3, 0.4) is 0 Å². The highest BCUT2D eigenvalue weighted by molar-refractivity contribution is 5.71. The van der Waals surface area contributed by atoms with Gasteiger partial charge >= 0.3 is 0 Å². The van der Waals surface area contributed by atoms with E-state index in [2.05, 4.69) is 24.4 Å². The van der Waals surface area contributed by atoms with Crippen LogP contribution in [0.15, 0.2) is 42.1 Å². The highest BCUT2D eigenvalue weighted by atomic mass is 14.9. The Balaban J connectivity index is 2.49. The summed E-state index contributed by atoms with van der Waals surface area (Å²) in [6, 6.07) is 8.16. The Morgan fingerprint density at radius 2 is 2.00 bits per heavy atom. The van der Waals surface area contributed by atoms with Crippen molar-refractivity contribution in [2.24, 2.45) is 0 Å². The van der Waals surface area contributed by atoms with Gasteiger partial charge in [-0.3, -0.25) is 0 Å². The van der Waals surface area contributed by atoms with E-state index >= 15 is 0 Å². The van der Waals surface area contributed by atoms with Gasteiger partial charge in [-0.05, 0) is 24.6 Å². The first-order valence-electron chi connectivity index (χ1n) is 3.92. The van der Waals surface area contributed by atoms with Gasteiger partial charge < -0.3 is 5.32 Å². The van der Waals surface area contributed by atoms with E-state index in [0.717, 1.165) is 11.4 Å². The maximum Gasteiger partial charge on any atom is 0.0455 e. The second-order valence-corrected chi connectivity index (χ2v) is 2.76. The summed E-state index contributed by atoms with van der Waals surface area (Å²) in [6.45, 7) is 3.86. The Labute approximate surface area is 72.4 Å². The zero-order valence-electron chi connectivity index (χ0n) is 6.75. The first kappa shape index (κ1) is 7.17. The molecule has 1 N–H and O–H groups in total. The fourth-order valence-corrected chi connectivity index (χ4v) is 1.24. The predicted molar refractivity (Wildman–Crippen MR) is 52.5 cm³/mol. The lowest BCUT2D eigenvalue weighted by atomic mass is 10.2. The maximum absolute atomic E-state index is 3.86. The molecule has 0 saturated heterocycles. The molecule has 0 saturated carbocycles. The van der Waals surface area contributed by atoms with Crippen molar-refractivity contribution >= 4 is 11.8 Å². The maximum atomic E-state index is 3.86. The van der Waals surface area contributed by atoms with Gasteiger partial charge in [0.1, 0.15) is 0 Å². The molecule has 0 unspecified atom stereocenters. The topological polar surface area (TPSA) is 12.0 Å². The second kappa shape index (κ2) is 2.86. The third-order valence-electron chi connectivity index (χ3n) is 1.83. The minimum absolute atomic E-state index is 0.927. The molecule has 1 heterocycles. The molecule has 0 amide bonds. The molecular formula is C11H10N. The molecule has 1 radical (unpaired) electrons. The summed E-state index contributed by atoms with van der Waals surface area (Å²) >= 11 is 0. The standard InChI is InChI=1S/C11H10N/c1-9-5-4-7-10-6-2-3-8-11(10)12-9/h2-8,12H,1H2. The van der Waals surface area contributed by atoms with Gasteiger partial charge in [0.2, 0.25) is 0 Å². The van der Waals surface area contributed by atoms with Crippen molar-refractivity contribution in [1.29, 1.82) is 0 Å². The van der Waals surface area contributed by atoms with Crippen LogP contribution in [0.5, 0.6) is 0 Å². The Kier molecular flexibility index (Phi) is 1.71. The van der Waals surface area contributed by atoms with Crippen molar-refractivity contribution in [3.05, 3.63) is 54.6 Å². The van der Waals surface area contributed by atoms with Crippen molar-refractivity contribution in [3.63, 3.8) is 0 Å². The van der Waals surface area contributed by atoms with Gasteiger partial charge in [-0.25, -0.2) is 0 Å². The molecule has 59 valence electrons. The number of para-hydroxylation sites is 1. The normalized spacial score (nSPS) is 14.2. The van der Waals surface area contributed by atoms with E-state index < -0.39 is 0 Å². The van der Waals surface area contributed by atoms with E-state index in [1.807, 2.05) is 30.4 Å². The average molecular weight is 156 g/mol. The predicted octanol–water partition coefficient (Wildman–Crippen LogP) is 2.84. The molecule has 1 aliphatic rings. The molecule has 1 aromatic carbocycles. The fourth-order valence-electron chi connectivity index (χ4n) is 1.24. The van der Waals surface area contributed by atoms with Crippen molar-refractivity contribution < 1.29 is 0 Å². The van der Waals surface area contributed by atoms with Crippen LogP contribution < -0.4 is 5.32 Å². The van der Waals surface area contributed by atoms with Crippen LogP contribution in [0.4, 0.5) is 5.69 Å². The van der Waals surface area contributed by atoms with Crippen LogP contribution >= 0.6 is 0 Å². The van der Waals surface area contributed by atoms with E-state index in [0.29, 0.717) is 0 Å². The van der Waals surface area contributed by atoms with Crippen molar-refractivity contribution in [1.82, 2.24) is 0 Å². The minimum Gasteiger partial charge on any atom is -0.358 e. The number of allylic oxidation sites excluding steroid dienone is 3. The number of anilines is 1. The zero-order valence-corrected chi connectivity index (χ0v) is 6.75. The van der Waals surface area contributed by atoms with Gasteiger partial charge in [-0.15, -0.1) is 0 Å². The molecule has 12 heavy (non-hydrogen) atoms. The van der Waals surface area contributed by atoms with E-state index in [9.17, 15) is 0 Å². The lowest BCUT2D eigenvalue weighted by Gasteiger charge is -2.06. The van der Waals surface area contributed by atoms with Crippen LogP contribution in [0.1, 0.15) is 5.56 Å². The number of hydrogen-bond donors (Lipinski definition) is 1. The second-order valence-electron chi connectivity index (χ2n) is 2.76. The molecule has 2 rings (SSSR count). The SMILES string of the molecule is [CH2]C1=CC=Cc2ccccc2N1. The number of benzene rings is 1. The summed E-state index contributed by atoms with van der Waals surface area (Å²) in [5, 5.41) is 3.21. The molecule has 0 aliphatic carbocycles. The zero-order chi connectivity index (χ0) is 8.39. The van der Waals surface area contributed by atoms with E-state index in [1.165, 1.54) is 5.56 Å². The van der Waals surface area contributed by atoms with Gasteiger partial charge in [0, 0.05) is 11.4 Å². The van der Waals surface area contributed by atoms with Crippen LogP contribution in [0, 0.1) is 6.92 Å². The summed E-state index contributed by atoms with van der Waals surface area (Å²) in [5.74, 6) is 0. The highest BCUT2D eigenvalue weighted by Gasteiger charge is 1.99. The number of fused-ring (bicyclic) bond motifs is 1. The Morgan fingerprint density at radius 3 is 2.92 bits per heavy atom. The van der Waals surface area contributed by atoms with Gasteiger partial charge in [-0.2, -0.15) is 0 Å². The van der Waals surface area contributed by atoms with Crippen molar-refractivity contribution in [3.8, 4) is 0 Å². The summed E-state index contributed by atoms with van der Waals surface area (Å²) in [7, 11) is 0. The van der Waals surface area contributed by atoms with E-state index in [-0.39, 0.29) is 0 Å². The van der Waals surface area contributed by atoms with E-state index in [1.54, 1.807) is 0 Å². The van der Waals surface area contributed by atoms with Crippen LogP contribution in [0.25, 0.3) is 6.08 Å². The smallest absolute Gasteiger partial charge is 0.0455 e. The molecule has 0 atom stereocenters. The number of rotatable bonds is 0. The Bertz CT molecular complexity index is 348. The molecule has 1 aliphatic heterocycles. The molecule has 1 nitrogen and oxygen atoms in total. The minimum atomic E-state index is 0.927. The molecular weight excluding hydrogens is 146 g/mol. The third-order valence-corrected chi connectivity index (χ3v) is 1.83. The van der Waals surface area contributed by atoms with Crippen molar-refractivity contribution in [2.45, 2.75) is 0 Å². The number of nitrogens with one attached hydrogen (secondary N) is 1. The lowest BCUT2D eigenvalue weighted by Crippen LogP contribution is -1.95. The monoisotopic (exact) mass is 156 g/mol. The largest absolute Gasteiger partial charge is 0.358 e. The summed E-state index contributed by atoms with van der Waals surface area (Å²) in [5.41, 5.74) is 3.25. The fraction of sp³-hybridized carbons (Fsp3) is 0. The molecule has 0 bridgehead atoms. The van der Waals surface area contributed by atoms with Crippen LogP contribution in [0.2, 0.25) is 0 Å². The first-order valence-corrected chi connectivity index (χ1v) is 3.92. The molecule has 0 aromatic heterocycles. The number of hydrogen-bond acceptors (Lipinski definition) is 1. The Morgan fingerprint density at radius 1 is 1.17 bits per heavy atom. The van der Waals surface area contributed by atoms with Gasteiger partial charge in [0.25, 0.3) is 0 Å². The van der Waals surface area contributed by atoms with Crippen LogP contribution in [-0.2, 0) is 0 Å².